The van der Waals surface area contributed by atoms with Crippen LogP contribution in [0.1, 0.15) is 74.4 Å². The largest absolute Gasteiger partial charge is 0.474 e. The first-order valence-electron chi connectivity index (χ1n) is 18.9. The molecule has 4 aromatic heterocycles. The molecule has 0 aliphatic rings. The van der Waals surface area contributed by atoms with Crippen LogP contribution >= 0.6 is 23.2 Å². The number of alkyl halides is 6. The fourth-order valence-corrected chi connectivity index (χ4v) is 6.10. The summed E-state index contributed by atoms with van der Waals surface area (Å²) >= 11 is 10.9. The molecule has 2 aromatic carbocycles. The van der Waals surface area contributed by atoms with Crippen molar-refractivity contribution in [2.24, 2.45) is 0 Å². The number of aromatic nitrogens is 8. The molecule has 68 heavy (non-hydrogen) atoms. The lowest BCUT2D eigenvalue weighted by atomic mass is 10.1. The van der Waals surface area contributed by atoms with Crippen LogP contribution in [0.4, 0.5) is 39.5 Å². The van der Waals surface area contributed by atoms with Gasteiger partial charge in [0.1, 0.15) is 23.0 Å². The lowest BCUT2D eigenvalue weighted by Gasteiger charge is -2.28. The fraction of sp³-hybridized carbons (Fsp3) is 0.326. The molecule has 14 nitrogen and oxygen atoms in total. The summed E-state index contributed by atoms with van der Waals surface area (Å²) in [6.07, 6.45) is -2.58. The van der Waals surface area contributed by atoms with Gasteiger partial charge in [0.2, 0.25) is 11.8 Å². The molecule has 25 heteroatoms. The Morgan fingerprint density at radius 2 is 1.09 bits per heavy atom. The summed E-state index contributed by atoms with van der Waals surface area (Å²) in [5.74, 6) is -3.42. The number of rotatable bonds is 12. The van der Waals surface area contributed by atoms with Crippen LogP contribution in [-0.4, -0.2) is 105 Å². The van der Waals surface area contributed by atoms with Crippen molar-refractivity contribution in [1.82, 2.24) is 49.8 Å². The number of hydrogen-bond acceptors (Lipinski definition) is 10. The van der Waals surface area contributed by atoms with Gasteiger partial charge in [-0.1, -0.05) is 50.2 Å². The van der Waals surface area contributed by atoms with Crippen molar-refractivity contribution in [3.63, 3.8) is 0 Å². The van der Waals surface area contributed by atoms with Crippen LogP contribution in [0.2, 0.25) is 10.0 Å². The molecule has 0 saturated carbocycles. The van der Waals surface area contributed by atoms with Crippen LogP contribution in [0.15, 0.2) is 85.7 Å². The molecular weight excluding hydrogens is 962 g/mol. The van der Waals surface area contributed by atoms with Crippen molar-refractivity contribution in [2.75, 3.05) is 26.3 Å². The van der Waals surface area contributed by atoms with Crippen molar-refractivity contribution >= 4 is 35.0 Å². The Morgan fingerprint density at radius 1 is 0.691 bits per heavy atom. The number of para-hydroxylation sites is 2. The highest BCUT2D eigenvalue weighted by Gasteiger charge is 2.33. The van der Waals surface area contributed by atoms with E-state index in [0.717, 1.165) is 9.59 Å². The zero-order chi connectivity index (χ0) is 48.2. The zero-order valence-corrected chi connectivity index (χ0v) is 36.9. The third-order valence-corrected chi connectivity index (χ3v) is 9.46. The van der Waals surface area contributed by atoms with Gasteiger partial charge in [0, 0.05) is 25.5 Å². The quantitative estimate of drug-likeness (QED) is 0.0711. The summed E-state index contributed by atoms with van der Waals surface area (Å²) in [5, 5.41) is 23.9. The van der Waals surface area contributed by atoms with Crippen LogP contribution in [0.5, 0.6) is 5.88 Å². The number of likely N-dealkylation sites (N-methyl/N-ethyl adjacent to an activating group) is 2. The maximum Gasteiger partial charge on any atom is 0.417 e. The first kappa shape index (κ1) is 59.7. The van der Waals surface area contributed by atoms with Gasteiger partial charge in [-0.25, -0.2) is 18.7 Å². The average molecular weight is 1010 g/mol. The number of ether oxygens (including phenoxy) is 1. The maximum absolute atomic E-state index is 14.5. The Kier molecular flexibility index (Phi) is 23.1. The number of hydrogen-bond donors (Lipinski definition) is 1. The van der Waals surface area contributed by atoms with Crippen LogP contribution in [0.3, 0.4) is 0 Å². The second kappa shape index (κ2) is 26.3. The van der Waals surface area contributed by atoms with Gasteiger partial charge in [0.05, 0.1) is 70.8 Å². The zero-order valence-electron chi connectivity index (χ0n) is 35.4. The third kappa shape index (κ3) is 15.1. The second-order valence-corrected chi connectivity index (χ2v) is 14.1. The molecule has 2 amide bonds. The van der Waals surface area contributed by atoms with Gasteiger partial charge >= 0.3 is 12.4 Å². The minimum atomic E-state index is -4.58. The van der Waals surface area contributed by atoms with Gasteiger partial charge in [-0.3, -0.25) is 9.59 Å². The second-order valence-electron chi connectivity index (χ2n) is 13.3. The molecule has 0 spiro atoms. The number of nitrogens with zero attached hydrogens (tertiary/aromatic N) is 10. The molecule has 0 aliphatic carbocycles. The molecule has 0 fully saturated rings. The van der Waals surface area contributed by atoms with Gasteiger partial charge in [-0.15, -0.1) is 9.59 Å². The predicted octanol–water partition coefficient (Wildman–Crippen LogP) is 10.3. The highest BCUT2D eigenvalue weighted by molar-refractivity contribution is 6.32. The summed E-state index contributed by atoms with van der Waals surface area (Å²) in [6.45, 7) is 7.31. The molecule has 6 rings (SSSR count). The van der Waals surface area contributed by atoms with E-state index in [-0.39, 0.29) is 87.4 Å². The number of carbonyl (C=O) groups excluding carboxylic acids is 2. The molecule has 0 radical (unpaired) electrons. The topological polar surface area (TPSA) is 157 Å². The Labute approximate surface area is 396 Å². The van der Waals surface area contributed by atoms with Crippen LogP contribution in [0, 0.1) is 25.0 Å². The van der Waals surface area contributed by atoms with Gasteiger partial charge in [-0.05, 0) is 64.1 Å². The number of carbonyl (C=O) groups is 2. The maximum atomic E-state index is 14.5. The van der Waals surface area contributed by atoms with Crippen LogP contribution in [0.25, 0.3) is 11.4 Å². The van der Waals surface area contributed by atoms with Crippen molar-refractivity contribution in [3.8, 4) is 17.3 Å². The molecule has 0 saturated heterocycles. The molecule has 6 aromatic rings. The number of aliphatic hydroxyl groups is 1. The fourth-order valence-electron chi connectivity index (χ4n) is 5.72. The minimum absolute atomic E-state index is 0. The molecule has 4 heterocycles. The molecule has 2 atom stereocenters. The number of halogens is 11. The van der Waals surface area contributed by atoms with Crippen molar-refractivity contribution in [2.45, 2.75) is 67.0 Å². The molecule has 0 bridgehead atoms. The molecule has 0 aliphatic heterocycles. The highest BCUT2D eigenvalue weighted by atomic mass is 35.5. The molecule has 372 valence electrons. The van der Waals surface area contributed by atoms with E-state index in [2.05, 4.69) is 30.4 Å². The summed E-state index contributed by atoms with van der Waals surface area (Å²) in [7, 11) is 0. The Bertz CT molecular complexity index is 2520. The first-order valence-corrected chi connectivity index (χ1v) is 19.7. The Balaban J connectivity index is 0.000000553. The predicted molar refractivity (Wildman–Crippen MR) is 236 cm³/mol. The van der Waals surface area contributed by atoms with E-state index < -0.39 is 58.0 Å². The SMILES string of the molecule is C.C.CCN(C(=O)c1cccc(F)c1-n1nccn1)[C@@H](C)CO.CCN(C(=O)c1cccc(F)c1-n1nccn1)[C@@H](C)COc1ncc(C(F)(F)F)cc1Cl.Fc1ncc(C(F)(F)F)cc1Cl.[CH3-]. The number of pyridine rings is 2. The molecular formula is C43H48Cl2F9N10O4-. The van der Waals surface area contributed by atoms with E-state index in [0.29, 0.717) is 31.1 Å². The van der Waals surface area contributed by atoms with Crippen LogP contribution < -0.4 is 4.74 Å². The Hall–Kier alpha value is -6.33. The lowest BCUT2D eigenvalue weighted by Crippen LogP contribution is -2.42. The highest BCUT2D eigenvalue weighted by Crippen LogP contribution is 2.34. The van der Waals surface area contributed by atoms with Gasteiger partial charge in [0.15, 0.2) is 11.6 Å². The van der Waals surface area contributed by atoms with E-state index in [1.165, 1.54) is 71.0 Å². The van der Waals surface area contributed by atoms with E-state index in [1.54, 1.807) is 27.7 Å². The smallest absolute Gasteiger partial charge is 0.417 e. The minimum Gasteiger partial charge on any atom is -0.474 e. The lowest BCUT2D eigenvalue weighted by molar-refractivity contribution is -0.138. The summed E-state index contributed by atoms with van der Waals surface area (Å²) < 4.78 is 120. The average Bonchev–Trinajstić information content (AvgIpc) is 4.00. The van der Waals surface area contributed by atoms with Crippen molar-refractivity contribution < 1.29 is 58.9 Å². The van der Waals surface area contributed by atoms with Gasteiger partial charge in [0.25, 0.3) is 11.8 Å². The normalized spacial score (nSPS) is 11.7. The van der Waals surface area contributed by atoms with E-state index in [1.807, 2.05) is 0 Å². The van der Waals surface area contributed by atoms with E-state index in [4.69, 9.17) is 27.9 Å². The van der Waals surface area contributed by atoms with E-state index in [9.17, 15) is 54.2 Å². The van der Waals surface area contributed by atoms with Crippen molar-refractivity contribution in [3.05, 3.63) is 143 Å². The standard InChI is InChI=1S/C20H18ClF4N5O2.C14H17FN4O2.C6H2ClF4N.2CH4.CH3/c1-3-29(12(2)11-32-18-15(21)9-13(10-26-18)20(23,24)25)19(31)14-5-4-6-16(22)17(14)30-27-7-8-28-30;1-3-18(10(2)9-20)14(21)11-5-4-6-12(15)13(11)19-16-7-8-17-19;7-4-1-3(6(9,10)11)2-12-5(4)8;;;/h4-10,12H,3,11H2,1-2H3;4-8,10,20H,3,9H2,1-2H3;1-2H;2*1H4;1H3/q;;;;;-1/t12-;10-;;;;/m00..../s1. The van der Waals surface area contributed by atoms with Crippen LogP contribution in [-0.2, 0) is 12.4 Å². The summed E-state index contributed by atoms with van der Waals surface area (Å²) in [6, 6.07) is 8.59. The number of amides is 2. The van der Waals surface area contributed by atoms with E-state index >= 15 is 0 Å². The van der Waals surface area contributed by atoms with Gasteiger partial charge in [-0.2, -0.15) is 51.1 Å². The third-order valence-electron chi connectivity index (χ3n) is 8.92. The first-order chi connectivity index (χ1) is 30.6. The molecule has 0 unspecified atom stereocenters. The monoisotopic (exact) mass is 1010 g/mol. The number of benzene rings is 2. The Morgan fingerprint density at radius 3 is 1.46 bits per heavy atom. The summed E-state index contributed by atoms with van der Waals surface area (Å²) in [5.41, 5.74) is -1.94. The number of aliphatic hydroxyl groups excluding tert-OH is 1. The van der Waals surface area contributed by atoms with Crippen molar-refractivity contribution in [1.29, 1.82) is 0 Å². The molecule has 1 N–H and O–H groups in total. The van der Waals surface area contributed by atoms with Gasteiger partial charge < -0.3 is 27.1 Å². The summed E-state index contributed by atoms with van der Waals surface area (Å²) in [4.78, 5) is 37.2.